The van der Waals surface area contributed by atoms with Crippen molar-refractivity contribution in [2.75, 3.05) is 9.80 Å². The van der Waals surface area contributed by atoms with E-state index in [1.54, 1.807) is 0 Å². The summed E-state index contributed by atoms with van der Waals surface area (Å²) in [6.07, 6.45) is 0. The average molecular weight is 1060 g/mol. The molecule has 0 spiro atoms. The van der Waals surface area contributed by atoms with E-state index < -0.39 is 16.1 Å². The monoisotopic (exact) mass is 1060 g/mol. The molecule has 0 bridgehead atoms. The van der Waals surface area contributed by atoms with Crippen molar-refractivity contribution < 1.29 is 0 Å². The van der Waals surface area contributed by atoms with E-state index >= 15 is 0 Å². The molecule has 4 nitrogen and oxygen atoms in total. The first-order valence-corrected chi connectivity index (χ1v) is 35.3. The van der Waals surface area contributed by atoms with Crippen LogP contribution in [0.4, 0.5) is 34.1 Å². The van der Waals surface area contributed by atoms with Crippen LogP contribution in [0.25, 0.3) is 98.4 Å². The second kappa shape index (κ2) is 17.8. The highest BCUT2D eigenvalue weighted by Gasteiger charge is 2.30. The van der Waals surface area contributed by atoms with Crippen molar-refractivity contribution >= 4 is 137 Å². The minimum Gasteiger partial charge on any atom is -0.309 e. The predicted octanol–water partition coefficient (Wildman–Crippen LogP) is 20.0. The van der Waals surface area contributed by atoms with Crippen LogP contribution in [0.15, 0.2) is 231 Å². The quantitative estimate of drug-likeness (QED) is 0.127. The molecule has 15 aromatic rings. The van der Waals surface area contributed by atoms with Crippen LogP contribution in [0.1, 0.15) is 11.1 Å². The van der Waals surface area contributed by atoms with Crippen molar-refractivity contribution in [2.45, 2.75) is 53.1 Å². The van der Waals surface area contributed by atoms with Crippen LogP contribution in [0, 0.1) is 13.8 Å². The Labute approximate surface area is 469 Å². The Hall–Kier alpha value is -8.95. The zero-order chi connectivity index (χ0) is 54.3. The number of anilines is 6. The molecule has 4 heterocycles. The van der Waals surface area contributed by atoms with Crippen molar-refractivity contribution in [2.24, 2.45) is 0 Å². The van der Waals surface area contributed by atoms with Gasteiger partial charge < -0.3 is 18.6 Å². The van der Waals surface area contributed by atoms with Gasteiger partial charge in [-0.05, 0) is 109 Å². The maximum atomic E-state index is 2.58. The molecule has 11 aromatic carbocycles. The normalized spacial score (nSPS) is 12.5. The highest BCUT2D eigenvalue weighted by Crippen LogP contribution is 2.53. The van der Waals surface area contributed by atoms with Gasteiger partial charge in [0.05, 0.1) is 72.0 Å². The number of aromatic nitrogens is 2. The van der Waals surface area contributed by atoms with Gasteiger partial charge in [0.15, 0.2) is 0 Å². The van der Waals surface area contributed by atoms with Gasteiger partial charge in [0.25, 0.3) is 0 Å². The fourth-order valence-electron chi connectivity index (χ4n) is 13.3. The Kier molecular flexibility index (Phi) is 10.7. The summed E-state index contributed by atoms with van der Waals surface area (Å²) >= 11 is 0. The van der Waals surface area contributed by atoms with E-state index in [0.717, 1.165) is 11.4 Å². The summed E-state index contributed by atoms with van der Waals surface area (Å²) in [5.41, 5.74) is 21.6. The number of hydrogen-bond donors (Lipinski definition) is 0. The topological polar surface area (TPSA) is 15.3 Å². The van der Waals surface area contributed by atoms with Gasteiger partial charge >= 0.3 is 0 Å². The van der Waals surface area contributed by atoms with Crippen LogP contribution in [0.5, 0.6) is 0 Å². The van der Waals surface area contributed by atoms with Gasteiger partial charge in [-0.25, -0.2) is 0 Å². The summed E-state index contributed by atoms with van der Waals surface area (Å²) in [7, 11) is -3.15. The first-order valence-electron chi connectivity index (χ1n) is 28.3. The number of fused-ring (bicyclic) bond motifs is 12. The molecule has 0 unspecified atom stereocenters. The zero-order valence-corrected chi connectivity index (χ0v) is 48.7. The standard InChI is InChI=1S/C74H62N4Si2/c1-47-27-37-55(49-19-11-9-12-20-49)67(43-47)75(51-29-33-53(34-30-51)79(3,4)5)65-41-39-57-61-45-70-62(46-69(61)77-63-25-17-15-23-59(63)71(65)73(57)77)58-40-42-66(72-60-24-16-18-26-64(60)78(70)74(58)72)76(52-31-35-54(36-32-52)80(6,7)8)68-44-48(2)28-38-56(68)50-21-13-10-14-22-50/h9-46H,1-8H3. The molecule has 4 aromatic heterocycles. The highest BCUT2D eigenvalue weighted by molar-refractivity contribution is 6.89. The van der Waals surface area contributed by atoms with Crippen molar-refractivity contribution in [1.29, 1.82) is 0 Å². The Morgan fingerprint density at radius 2 is 0.675 bits per heavy atom. The first-order chi connectivity index (χ1) is 38.8. The third kappa shape index (κ3) is 7.32. The minimum absolute atomic E-state index is 1.15. The minimum atomic E-state index is -1.57. The Balaban J connectivity index is 1.00. The van der Waals surface area contributed by atoms with Crippen molar-refractivity contribution in [1.82, 2.24) is 8.80 Å². The molecular weight excluding hydrogens is 1000 g/mol. The molecule has 0 saturated carbocycles. The fraction of sp³-hybridized carbons (Fsp3) is 0.108. The van der Waals surface area contributed by atoms with E-state index in [9.17, 15) is 0 Å². The van der Waals surface area contributed by atoms with Crippen LogP contribution in [-0.2, 0) is 0 Å². The molecule has 0 saturated heterocycles. The zero-order valence-electron chi connectivity index (χ0n) is 46.7. The Morgan fingerprint density at radius 3 is 1.06 bits per heavy atom. The Morgan fingerprint density at radius 1 is 0.300 bits per heavy atom. The summed E-state index contributed by atoms with van der Waals surface area (Å²) in [6.45, 7) is 19.0. The lowest BCUT2D eigenvalue weighted by molar-refractivity contribution is 1.29. The van der Waals surface area contributed by atoms with Gasteiger partial charge in [-0.2, -0.15) is 0 Å². The van der Waals surface area contributed by atoms with Gasteiger partial charge in [-0.15, -0.1) is 0 Å². The molecule has 0 aliphatic rings. The third-order valence-electron chi connectivity index (χ3n) is 17.2. The van der Waals surface area contributed by atoms with E-state index in [1.165, 1.54) is 143 Å². The average Bonchev–Trinajstić information content (AvgIpc) is 4.15. The second-order valence-electron chi connectivity index (χ2n) is 24.3. The molecule has 0 N–H and O–H groups in total. The molecule has 0 fully saturated rings. The van der Waals surface area contributed by atoms with Crippen LogP contribution < -0.4 is 20.2 Å². The molecule has 80 heavy (non-hydrogen) atoms. The van der Waals surface area contributed by atoms with Crippen molar-refractivity contribution in [3.05, 3.63) is 242 Å². The van der Waals surface area contributed by atoms with E-state index in [2.05, 4.69) is 302 Å². The molecule has 0 amide bonds. The van der Waals surface area contributed by atoms with Gasteiger partial charge in [0.1, 0.15) is 0 Å². The number of para-hydroxylation sites is 2. The van der Waals surface area contributed by atoms with Crippen LogP contribution in [0.3, 0.4) is 0 Å². The van der Waals surface area contributed by atoms with Gasteiger partial charge in [0.2, 0.25) is 0 Å². The SMILES string of the molecule is Cc1ccc(-c2ccccc2)c(N(c2ccc([Si](C)(C)C)cc2)c2ccc3c4cc5c(cc4n4c6ccccc6c2c34)c2ccc(N(c3ccc([Si](C)(C)C)cc3)c3cc(C)ccc3-c3ccccc3)c3c4ccccc4n5c23)c1. The van der Waals surface area contributed by atoms with Gasteiger partial charge in [-0.1, -0.05) is 207 Å². The lowest BCUT2D eigenvalue weighted by Gasteiger charge is -2.30. The van der Waals surface area contributed by atoms with E-state index in [-0.39, 0.29) is 0 Å². The molecule has 6 heteroatoms. The van der Waals surface area contributed by atoms with Crippen molar-refractivity contribution in [3.8, 4) is 22.3 Å². The first kappa shape index (κ1) is 48.2. The van der Waals surface area contributed by atoms with Gasteiger partial charge in [0, 0.05) is 65.6 Å². The molecule has 0 aliphatic heterocycles. The maximum absolute atomic E-state index is 2.58. The lowest BCUT2D eigenvalue weighted by atomic mass is 9.98. The fourth-order valence-corrected chi connectivity index (χ4v) is 15.6. The van der Waals surface area contributed by atoms with E-state index in [1.807, 2.05) is 0 Å². The largest absolute Gasteiger partial charge is 0.309 e. The molecule has 0 aliphatic carbocycles. The van der Waals surface area contributed by atoms with Gasteiger partial charge in [-0.3, -0.25) is 0 Å². The third-order valence-corrected chi connectivity index (χ3v) is 21.3. The Bertz CT molecular complexity index is 4590. The van der Waals surface area contributed by atoms with Crippen LogP contribution in [-0.4, -0.2) is 24.9 Å². The second-order valence-corrected chi connectivity index (χ2v) is 34.5. The number of hydrogen-bond acceptors (Lipinski definition) is 2. The van der Waals surface area contributed by atoms with E-state index in [0.29, 0.717) is 0 Å². The summed E-state index contributed by atoms with van der Waals surface area (Å²) in [5.74, 6) is 0. The van der Waals surface area contributed by atoms with Crippen LogP contribution >= 0.6 is 0 Å². The van der Waals surface area contributed by atoms with Crippen molar-refractivity contribution in [3.63, 3.8) is 0 Å². The summed E-state index contributed by atoms with van der Waals surface area (Å²) in [5, 5.41) is 12.9. The highest BCUT2D eigenvalue weighted by atomic mass is 28.3. The molecule has 15 rings (SSSR count). The molecular formula is C74H62N4Si2. The molecule has 386 valence electrons. The predicted molar refractivity (Wildman–Crippen MR) is 351 cm³/mol. The smallest absolute Gasteiger partial charge is 0.0775 e. The lowest BCUT2D eigenvalue weighted by Crippen LogP contribution is -2.37. The number of rotatable bonds is 10. The van der Waals surface area contributed by atoms with E-state index in [4.69, 9.17) is 0 Å². The maximum Gasteiger partial charge on any atom is 0.0775 e. The van der Waals surface area contributed by atoms with Crippen LogP contribution in [0.2, 0.25) is 39.3 Å². The molecule has 0 atom stereocenters. The summed E-state index contributed by atoms with van der Waals surface area (Å²) in [6, 6.07) is 87.4. The summed E-state index contributed by atoms with van der Waals surface area (Å²) in [4.78, 5) is 5.09. The molecule has 0 radical (unpaired) electrons. The number of benzene rings is 11. The summed E-state index contributed by atoms with van der Waals surface area (Å²) < 4.78 is 5.15. The number of aryl methyl sites for hydroxylation is 2. The number of nitrogens with zero attached hydrogens (tertiary/aromatic N) is 4.